The molecular formula is C22H25FN4O4S. The van der Waals surface area contributed by atoms with Gasteiger partial charge in [0.1, 0.15) is 11.6 Å². The Bertz CT molecular complexity index is 1270. The van der Waals surface area contributed by atoms with Crippen molar-refractivity contribution in [1.29, 1.82) is 0 Å². The van der Waals surface area contributed by atoms with Crippen LogP contribution >= 0.6 is 0 Å². The number of morpholine rings is 1. The molecule has 2 heterocycles. The highest BCUT2D eigenvalue weighted by molar-refractivity contribution is 7.89. The van der Waals surface area contributed by atoms with E-state index in [1.165, 1.54) is 22.5 Å². The molecule has 0 saturated carbocycles. The molecule has 32 heavy (non-hydrogen) atoms. The quantitative estimate of drug-likeness (QED) is 0.610. The number of aryl methyl sites for hydroxylation is 3. The third-order valence-corrected chi connectivity index (χ3v) is 7.49. The Labute approximate surface area is 186 Å². The number of carbonyl (C=O) groups is 1. The van der Waals surface area contributed by atoms with Gasteiger partial charge in [-0.3, -0.25) is 4.79 Å². The van der Waals surface area contributed by atoms with Gasteiger partial charge < -0.3 is 14.6 Å². The van der Waals surface area contributed by atoms with Crippen molar-refractivity contribution in [2.45, 2.75) is 24.7 Å². The van der Waals surface area contributed by atoms with Gasteiger partial charge in [-0.05, 0) is 48.9 Å². The van der Waals surface area contributed by atoms with Gasteiger partial charge in [0.25, 0.3) is 0 Å². The standard InChI is InChI=1S/C22H25FN4O4S/c1-15-13-16(23)3-5-18(15)25-22(28)8-7-21-24-19-14-17(4-6-20(19)26(21)2)32(29,30)27-9-11-31-12-10-27/h3-6,13-14H,7-12H2,1-2H3,(H,25,28). The molecule has 3 aromatic rings. The monoisotopic (exact) mass is 460 g/mol. The number of sulfonamides is 1. The van der Waals surface area contributed by atoms with E-state index < -0.39 is 10.0 Å². The minimum atomic E-state index is -3.61. The van der Waals surface area contributed by atoms with E-state index in [2.05, 4.69) is 10.3 Å². The number of imidazole rings is 1. The fourth-order valence-corrected chi connectivity index (χ4v) is 5.18. The van der Waals surface area contributed by atoms with Crippen LogP contribution < -0.4 is 5.32 Å². The lowest BCUT2D eigenvalue weighted by Crippen LogP contribution is -2.40. The van der Waals surface area contributed by atoms with Gasteiger partial charge in [-0.1, -0.05) is 0 Å². The first-order valence-electron chi connectivity index (χ1n) is 10.3. The summed E-state index contributed by atoms with van der Waals surface area (Å²) in [5, 5.41) is 2.79. The molecule has 0 atom stereocenters. The number of nitrogens with zero attached hydrogens (tertiary/aromatic N) is 3. The van der Waals surface area contributed by atoms with Crippen molar-refractivity contribution in [2.24, 2.45) is 7.05 Å². The number of aromatic nitrogens is 2. The number of anilines is 1. The topological polar surface area (TPSA) is 93.5 Å². The zero-order valence-corrected chi connectivity index (χ0v) is 18.8. The van der Waals surface area contributed by atoms with E-state index >= 15 is 0 Å². The molecule has 1 saturated heterocycles. The van der Waals surface area contributed by atoms with E-state index in [-0.39, 0.29) is 23.0 Å². The van der Waals surface area contributed by atoms with Crippen molar-refractivity contribution in [1.82, 2.24) is 13.9 Å². The van der Waals surface area contributed by atoms with Gasteiger partial charge in [0.2, 0.25) is 15.9 Å². The van der Waals surface area contributed by atoms with Gasteiger partial charge in [0.05, 0.1) is 29.1 Å². The molecule has 0 aliphatic carbocycles. The molecule has 0 bridgehead atoms. The summed E-state index contributed by atoms with van der Waals surface area (Å²) < 4.78 is 47.6. The molecule has 0 unspecified atom stereocenters. The number of ether oxygens (including phenoxy) is 1. The molecule has 170 valence electrons. The van der Waals surface area contributed by atoms with E-state index in [0.717, 1.165) is 5.52 Å². The number of hydrogen-bond donors (Lipinski definition) is 1. The minimum absolute atomic E-state index is 0.187. The zero-order chi connectivity index (χ0) is 22.9. The predicted molar refractivity (Wildman–Crippen MR) is 118 cm³/mol. The molecule has 1 amide bonds. The van der Waals surface area contributed by atoms with Crippen molar-refractivity contribution in [3.63, 3.8) is 0 Å². The van der Waals surface area contributed by atoms with Gasteiger partial charge in [-0.25, -0.2) is 17.8 Å². The first-order valence-corrected chi connectivity index (χ1v) is 11.8. The maximum Gasteiger partial charge on any atom is 0.243 e. The highest BCUT2D eigenvalue weighted by Crippen LogP contribution is 2.23. The van der Waals surface area contributed by atoms with Crippen LogP contribution in [0.25, 0.3) is 11.0 Å². The second-order valence-corrected chi connectivity index (χ2v) is 9.70. The Morgan fingerprint density at radius 1 is 1.19 bits per heavy atom. The lowest BCUT2D eigenvalue weighted by Gasteiger charge is -2.26. The van der Waals surface area contributed by atoms with E-state index in [1.807, 2.05) is 11.6 Å². The Morgan fingerprint density at radius 3 is 2.66 bits per heavy atom. The lowest BCUT2D eigenvalue weighted by molar-refractivity contribution is -0.116. The molecule has 1 fully saturated rings. The third kappa shape index (κ3) is 4.52. The highest BCUT2D eigenvalue weighted by atomic mass is 32.2. The summed E-state index contributed by atoms with van der Waals surface area (Å²) in [6.07, 6.45) is 0.565. The first-order chi connectivity index (χ1) is 15.3. The number of halogens is 1. The Morgan fingerprint density at radius 2 is 1.94 bits per heavy atom. The summed E-state index contributed by atoms with van der Waals surface area (Å²) in [6.45, 7) is 3.16. The van der Waals surface area contributed by atoms with Crippen LogP contribution in [0.1, 0.15) is 17.8 Å². The average molecular weight is 461 g/mol. The molecule has 1 aromatic heterocycles. The molecule has 1 N–H and O–H groups in total. The van der Waals surface area contributed by atoms with Crippen molar-refractivity contribution < 1.29 is 22.3 Å². The number of hydrogen-bond acceptors (Lipinski definition) is 5. The minimum Gasteiger partial charge on any atom is -0.379 e. The molecule has 0 spiro atoms. The van der Waals surface area contributed by atoms with Crippen LogP contribution in [0.3, 0.4) is 0 Å². The van der Waals surface area contributed by atoms with Crippen molar-refractivity contribution in [3.8, 4) is 0 Å². The number of rotatable bonds is 6. The van der Waals surface area contributed by atoms with Gasteiger partial charge in [-0.2, -0.15) is 4.31 Å². The fraction of sp³-hybridized carbons (Fsp3) is 0.364. The molecule has 10 heteroatoms. The summed E-state index contributed by atoms with van der Waals surface area (Å²) in [7, 11) is -1.78. The van der Waals surface area contributed by atoms with Crippen LogP contribution in [0.15, 0.2) is 41.3 Å². The lowest BCUT2D eigenvalue weighted by atomic mass is 10.2. The van der Waals surface area contributed by atoms with Crippen LogP contribution in [0.2, 0.25) is 0 Å². The molecular weight excluding hydrogens is 435 g/mol. The van der Waals surface area contributed by atoms with Crippen LogP contribution in [-0.4, -0.2) is 54.5 Å². The van der Waals surface area contributed by atoms with Gasteiger partial charge >= 0.3 is 0 Å². The SMILES string of the molecule is Cc1cc(F)ccc1NC(=O)CCc1nc2cc(S(=O)(=O)N3CCOCC3)ccc2n1C. The smallest absolute Gasteiger partial charge is 0.243 e. The summed E-state index contributed by atoms with van der Waals surface area (Å²) in [6, 6.07) is 9.10. The number of nitrogens with one attached hydrogen (secondary N) is 1. The Hall–Kier alpha value is -2.82. The van der Waals surface area contributed by atoms with E-state index in [9.17, 15) is 17.6 Å². The van der Waals surface area contributed by atoms with E-state index in [4.69, 9.17) is 4.74 Å². The second-order valence-electron chi connectivity index (χ2n) is 7.76. The second kappa shape index (κ2) is 8.97. The summed E-state index contributed by atoms with van der Waals surface area (Å²) in [4.78, 5) is 17.1. The fourth-order valence-electron chi connectivity index (χ4n) is 3.75. The normalized spacial score (nSPS) is 15.2. The molecule has 2 aromatic carbocycles. The van der Waals surface area contributed by atoms with Gasteiger partial charge in [-0.15, -0.1) is 0 Å². The molecule has 0 radical (unpaired) electrons. The van der Waals surface area contributed by atoms with Crippen molar-refractivity contribution >= 4 is 32.7 Å². The van der Waals surface area contributed by atoms with Gasteiger partial charge in [0, 0.05) is 38.7 Å². The van der Waals surface area contributed by atoms with Gasteiger partial charge in [0.15, 0.2) is 0 Å². The largest absolute Gasteiger partial charge is 0.379 e. The van der Waals surface area contributed by atoms with Crippen LogP contribution in [0, 0.1) is 12.7 Å². The summed E-state index contributed by atoms with van der Waals surface area (Å²) >= 11 is 0. The van der Waals surface area contributed by atoms with Crippen LogP contribution in [-0.2, 0) is 33.0 Å². The molecule has 1 aliphatic rings. The highest BCUT2D eigenvalue weighted by Gasteiger charge is 2.27. The Balaban J connectivity index is 1.49. The first kappa shape index (κ1) is 22.4. The van der Waals surface area contributed by atoms with E-state index in [0.29, 0.717) is 55.3 Å². The van der Waals surface area contributed by atoms with Crippen LogP contribution in [0.5, 0.6) is 0 Å². The van der Waals surface area contributed by atoms with Crippen molar-refractivity contribution in [2.75, 3.05) is 31.6 Å². The number of carbonyl (C=O) groups excluding carboxylic acids is 1. The van der Waals surface area contributed by atoms with Crippen LogP contribution in [0.4, 0.5) is 10.1 Å². The predicted octanol–water partition coefficient (Wildman–Crippen LogP) is 2.61. The number of benzene rings is 2. The number of amides is 1. The molecule has 8 nitrogen and oxygen atoms in total. The number of fused-ring (bicyclic) bond motifs is 1. The van der Waals surface area contributed by atoms with Crippen molar-refractivity contribution in [3.05, 3.63) is 53.6 Å². The maximum atomic E-state index is 13.2. The zero-order valence-electron chi connectivity index (χ0n) is 18.0. The Kier molecular flexibility index (Phi) is 6.27. The molecule has 1 aliphatic heterocycles. The third-order valence-electron chi connectivity index (χ3n) is 5.59. The summed E-state index contributed by atoms with van der Waals surface area (Å²) in [5.74, 6) is 0.115. The maximum absolute atomic E-state index is 13.2. The molecule has 4 rings (SSSR count). The van der Waals surface area contributed by atoms with E-state index in [1.54, 1.807) is 25.1 Å². The average Bonchev–Trinajstić information content (AvgIpc) is 3.10. The summed E-state index contributed by atoms with van der Waals surface area (Å²) in [5.41, 5.74) is 2.57.